The number of rotatable bonds is 21. The second kappa shape index (κ2) is 22.3. The van der Waals surface area contributed by atoms with E-state index in [1.54, 1.807) is 0 Å². The highest BCUT2D eigenvalue weighted by Gasteiger charge is 2.43. The van der Waals surface area contributed by atoms with Crippen LogP contribution in [0.3, 0.4) is 0 Å². The van der Waals surface area contributed by atoms with Crippen LogP contribution in [0.5, 0.6) is 0 Å². The average Bonchev–Trinajstić information content (AvgIpc) is 3.05. The molecule has 2 aliphatic rings. The van der Waals surface area contributed by atoms with Gasteiger partial charge in [-0.2, -0.15) is 0 Å². The van der Waals surface area contributed by atoms with E-state index in [1.807, 2.05) is 6.92 Å². The maximum Gasteiger partial charge on any atom is 0.234 e. The largest absolute Gasteiger partial charge is 0.388 e. The van der Waals surface area contributed by atoms with E-state index in [9.17, 15) is 49.8 Å². The van der Waals surface area contributed by atoms with Crippen LogP contribution in [0, 0.1) is 0 Å². The number of aliphatic hydroxyl groups is 6. The first-order chi connectivity index (χ1) is 23.2. The normalized spacial score (nSPS) is 30.1. The van der Waals surface area contributed by atoms with E-state index in [4.69, 9.17) is 18.9 Å². The van der Waals surface area contributed by atoms with Crippen LogP contribution in [0.1, 0.15) is 46.5 Å². The Bertz CT molecular complexity index is 972. The van der Waals surface area contributed by atoms with Gasteiger partial charge in [0.15, 0.2) is 12.6 Å². The molecule has 0 saturated carbocycles. The molecular weight excluding hydrogens is 654 g/mol. The molecule has 0 radical (unpaired) electrons. The first kappa shape index (κ1) is 42.6. The van der Waals surface area contributed by atoms with E-state index in [0.29, 0.717) is 32.4 Å². The van der Waals surface area contributed by atoms with Gasteiger partial charge >= 0.3 is 0 Å². The number of hydrogen-bond donors (Lipinski definition) is 10. The summed E-state index contributed by atoms with van der Waals surface area (Å²) in [7, 11) is 0. The molecule has 10 atom stereocenters. The Morgan fingerprint density at radius 2 is 1.00 bits per heavy atom. The fourth-order valence-corrected chi connectivity index (χ4v) is 5.08. The van der Waals surface area contributed by atoms with Crippen molar-refractivity contribution in [2.75, 3.05) is 59.0 Å². The Morgan fingerprint density at radius 3 is 1.43 bits per heavy atom. The van der Waals surface area contributed by atoms with Crippen LogP contribution in [0.15, 0.2) is 0 Å². The Kier molecular flexibility index (Phi) is 19.4. The number of nitrogens with zero attached hydrogens (tertiary/aromatic N) is 1. The lowest BCUT2D eigenvalue weighted by atomic mass is 10.0. The molecule has 2 aliphatic heterocycles. The van der Waals surface area contributed by atoms with Crippen molar-refractivity contribution >= 4 is 23.6 Å². The topological polar surface area (TPSA) is 278 Å². The maximum absolute atomic E-state index is 12.7. The van der Waals surface area contributed by atoms with Crippen molar-refractivity contribution in [1.82, 2.24) is 26.2 Å². The molecule has 0 aliphatic carbocycles. The minimum atomic E-state index is -1.50. The van der Waals surface area contributed by atoms with Gasteiger partial charge < -0.3 is 70.9 Å². The maximum atomic E-state index is 12.7. The first-order valence-electron chi connectivity index (χ1n) is 16.7. The number of nitrogens with one attached hydrogen (secondary N) is 4. The second-order valence-corrected chi connectivity index (χ2v) is 12.1. The van der Waals surface area contributed by atoms with Crippen LogP contribution >= 0.6 is 0 Å². The van der Waals surface area contributed by atoms with Gasteiger partial charge in [0.25, 0.3) is 0 Å². The van der Waals surface area contributed by atoms with Gasteiger partial charge in [-0.25, -0.2) is 0 Å². The Hall–Kier alpha value is -2.56. The molecule has 0 bridgehead atoms. The third-order valence-electron chi connectivity index (χ3n) is 7.91. The van der Waals surface area contributed by atoms with Gasteiger partial charge in [-0.3, -0.25) is 24.1 Å². The number of unbranched alkanes of at least 4 members (excludes halogenated alkanes) is 2. The highest BCUT2D eigenvalue weighted by Crippen LogP contribution is 2.22. The molecule has 284 valence electrons. The number of carbonyl (C=O) groups excluding carboxylic acids is 4. The van der Waals surface area contributed by atoms with E-state index in [2.05, 4.69) is 21.3 Å². The summed E-state index contributed by atoms with van der Waals surface area (Å²) in [5.41, 5.74) is 0. The van der Waals surface area contributed by atoms with Crippen molar-refractivity contribution in [3.8, 4) is 0 Å². The Morgan fingerprint density at radius 1 is 0.571 bits per heavy atom. The van der Waals surface area contributed by atoms with Gasteiger partial charge in [-0.1, -0.05) is 6.42 Å². The highest BCUT2D eigenvalue weighted by atomic mass is 16.7. The molecule has 19 nitrogen and oxygen atoms in total. The Labute approximate surface area is 285 Å². The Balaban J connectivity index is 1.81. The van der Waals surface area contributed by atoms with E-state index in [1.165, 1.54) is 18.7 Å². The number of hydrogen-bond acceptors (Lipinski definition) is 15. The van der Waals surface area contributed by atoms with E-state index in [0.717, 1.165) is 6.42 Å². The van der Waals surface area contributed by atoms with Crippen LogP contribution in [0.25, 0.3) is 0 Å². The van der Waals surface area contributed by atoms with E-state index >= 15 is 0 Å². The third-order valence-corrected chi connectivity index (χ3v) is 7.91. The molecule has 0 aromatic heterocycles. The molecule has 0 aromatic rings. The minimum Gasteiger partial charge on any atom is -0.388 e. The van der Waals surface area contributed by atoms with Crippen LogP contribution in [0.2, 0.25) is 0 Å². The fourth-order valence-electron chi connectivity index (χ4n) is 5.08. The van der Waals surface area contributed by atoms with E-state index < -0.39 is 79.1 Å². The lowest BCUT2D eigenvalue weighted by Crippen LogP contribution is -2.57. The summed E-state index contributed by atoms with van der Waals surface area (Å²) in [6.07, 6.45) is -10.1. The molecular formula is C30H55N5O14. The quantitative estimate of drug-likeness (QED) is 0.0500. The number of aliphatic hydroxyl groups excluding tert-OH is 6. The van der Waals surface area contributed by atoms with Crippen LogP contribution < -0.4 is 21.3 Å². The van der Waals surface area contributed by atoms with Gasteiger partial charge in [0.05, 0.1) is 45.1 Å². The van der Waals surface area contributed by atoms with Crippen molar-refractivity contribution in [3.05, 3.63) is 0 Å². The van der Waals surface area contributed by atoms with Crippen molar-refractivity contribution in [2.24, 2.45) is 0 Å². The van der Waals surface area contributed by atoms with Crippen molar-refractivity contribution in [2.45, 2.75) is 108 Å². The minimum absolute atomic E-state index is 0.0295. The lowest BCUT2D eigenvalue weighted by molar-refractivity contribution is -0.292. The monoisotopic (exact) mass is 709 g/mol. The van der Waals surface area contributed by atoms with Crippen LogP contribution in [0.4, 0.5) is 0 Å². The van der Waals surface area contributed by atoms with Gasteiger partial charge in [0.1, 0.15) is 36.6 Å². The first-order valence-corrected chi connectivity index (χ1v) is 16.7. The summed E-state index contributed by atoms with van der Waals surface area (Å²) < 4.78 is 21.5. The predicted molar refractivity (Wildman–Crippen MR) is 169 cm³/mol. The SMILES string of the molecule is CCNC(=O)CCCCCNC(=O)CN(CC(=O)NCCO[C@@H]1O[C@@H](C)[C@@H](O)[C@@H](O)[C@@H]1O)CC(=O)NCCO[C@@H]1O[C@@H](C)[C@@H](O)[C@@H](O)[C@@H]1O. The highest BCUT2D eigenvalue weighted by molar-refractivity contribution is 5.84. The molecule has 19 heteroatoms. The number of carbonyl (C=O) groups is 4. The van der Waals surface area contributed by atoms with Gasteiger partial charge in [-0.15, -0.1) is 0 Å². The fraction of sp³-hybridized carbons (Fsp3) is 0.867. The van der Waals surface area contributed by atoms with E-state index in [-0.39, 0.29) is 51.8 Å². The number of amides is 4. The zero-order chi connectivity index (χ0) is 36.5. The van der Waals surface area contributed by atoms with Crippen LogP contribution in [-0.2, 0) is 38.1 Å². The summed E-state index contributed by atoms with van der Waals surface area (Å²) in [5, 5.41) is 70.2. The zero-order valence-electron chi connectivity index (χ0n) is 28.4. The summed E-state index contributed by atoms with van der Waals surface area (Å²) in [6, 6.07) is 0. The molecule has 2 fully saturated rings. The summed E-state index contributed by atoms with van der Waals surface area (Å²) in [4.78, 5) is 50.9. The van der Waals surface area contributed by atoms with Crippen LogP contribution in [-0.4, -0.2) is 180 Å². The summed E-state index contributed by atoms with van der Waals surface area (Å²) >= 11 is 0. The van der Waals surface area contributed by atoms with Crippen molar-refractivity contribution in [3.63, 3.8) is 0 Å². The summed E-state index contributed by atoms with van der Waals surface area (Å²) in [5.74, 6) is -1.53. The molecule has 0 unspecified atom stereocenters. The molecule has 0 spiro atoms. The molecule has 10 N–H and O–H groups in total. The molecule has 2 saturated heterocycles. The average molecular weight is 710 g/mol. The number of ether oxygens (including phenoxy) is 4. The van der Waals surface area contributed by atoms with Gasteiger partial charge in [-0.05, 0) is 33.6 Å². The molecule has 0 aromatic carbocycles. The van der Waals surface area contributed by atoms with Crippen molar-refractivity contribution < 1.29 is 68.8 Å². The lowest BCUT2D eigenvalue weighted by Gasteiger charge is -2.38. The molecule has 2 rings (SSSR count). The smallest absolute Gasteiger partial charge is 0.234 e. The van der Waals surface area contributed by atoms with Gasteiger partial charge in [0, 0.05) is 32.6 Å². The predicted octanol–water partition coefficient (Wildman–Crippen LogP) is -4.98. The second-order valence-electron chi connectivity index (χ2n) is 12.1. The molecule has 4 amide bonds. The van der Waals surface area contributed by atoms with Crippen molar-refractivity contribution in [1.29, 1.82) is 0 Å². The standard InChI is InChI=1S/C30H55N5O14/c1-4-31-19(36)8-6-5-7-9-32-20(37)14-35(15-21(38)33-10-12-46-29-27(44)25(42)23(40)17(2)48-29)16-22(39)34-11-13-47-30-28(45)26(43)24(41)18(3)49-30/h17-18,23-30,40-45H,4-16H2,1-3H3,(H,31,36)(H,32,37)(H,33,38)(H,34,39)/t17-,18-,23+,24+,25+,26+,27-,28-,29+,30+/m0/s1. The molecule has 49 heavy (non-hydrogen) atoms. The summed E-state index contributed by atoms with van der Waals surface area (Å²) in [6.45, 7) is 4.51. The molecule has 2 heterocycles. The zero-order valence-corrected chi connectivity index (χ0v) is 28.4. The van der Waals surface area contributed by atoms with Gasteiger partial charge in [0.2, 0.25) is 23.6 Å². The third kappa shape index (κ3) is 15.1.